The molecule has 0 atom stereocenters. The van der Waals surface area contributed by atoms with Gasteiger partial charge in [0.15, 0.2) is 0 Å². The second-order valence-electron chi connectivity index (χ2n) is 3.98. The number of hydrogen-bond donors (Lipinski definition) is 1. The minimum absolute atomic E-state index is 0.146. The van der Waals surface area contributed by atoms with E-state index in [9.17, 15) is 8.42 Å². The van der Waals surface area contributed by atoms with Gasteiger partial charge >= 0.3 is 0 Å². The van der Waals surface area contributed by atoms with Gasteiger partial charge in [-0.2, -0.15) is 0 Å². The number of benzene rings is 1. The van der Waals surface area contributed by atoms with Crippen LogP contribution in [0.1, 0.15) is 18.4 Å². The van der Waals surface area contributed by atoms with E-state index in [1.54, 1.807) is 12.1 Å². The molecule has 1 aliphatic rings. The Hall–Kier alpha value is -0.580. The fourth-order valence-electron chi connectivity index (χ4n) is 1.43. The smallest absolute Gasteiger partial charge is 0.208 e. The van der Waals surface area contributed by atoms with Gasteiger partial charge in [0, 0.05) is 11.9 Å². The van der Waals surface area contributed by atoms with Crippen molar-refractivity contribution < 1.29 is 8.42 Å². The van der Waals surface area contributed by atoms with Crippen molar-refractivity contribution in [3.8, 4) is 0 Å². The highest BCUT2D eigenvalue weighted by molar-refractivity contribution is 7.89. The largest absolute Gasteiger partial charge is 0.240 e. The highest BCUT2D eigenvalue weighted by atomic mass is 35.5. The molecule has 3 nitrogen and oxygen atoms in total. The summed E-state index contributed by atoms with van der Waals surface area (Å²) in [4.78, 5) is 0.331. The Bertz CT molecular complexity index is 451. The van der Waals surface area contributed by atoms with Gasteiger partial charge in [-0.3, -0.25) is 0 Å². The van der Waals surface area contributed by atoms with Gasteiger partial charge in [0.05, 0.1) is 4.90 Å². The summed E-state index contributed by atoms with van der Waals surface area (Å²) >= 11 is 5.61. The number of halogens is 1. The molecule has 88 valence electrons. The van der Waals surface area contributed by atoms with Crippen molar-refractivity contribution in [3.05, 3.63) is 29.8 Å². The van der Waals surface area contributed by atoms with Crippen molar-refractivity contribution in [2.45, 2.75) is 30.2 Å². The van der Waals surface area contributed by atoms with Gasteiger partial charge in [0.2, 0.25) is 10.0 Å². The van der Waals surface area contributed by atoms with Gasteiger partial charge in [-0.15, -0.1) is 11.6 Å². The third kappa shape index (κ3) is 2.97. The first-order chi connectivity index (χ1) is 7.62. The maximum Gasteiger partial charge on any atom is 0.240 e. The molecule has 0 bridgehead atoms. The first-order valence-corrected chi connectivity index (χ1v) is 7.31. The molecule has 0 spiro atoms. The van der Waals surface area contributed by atoms with E-state index in [0.717, 1.165) is 24.8 Å². The molecule has 1 saturated carbocycles. The van der Waals surface area contributed by atoms with Crippen LogP contribution >= 0.6 is 11.6 Å². The number of sulfonamides is 1. The topological polar surface area (TPSA) is 46.2 Å². The molecule has 5 heteroatoms. The highest BCUT2D eigenvalue weighted by Gasteiger charge is 2.27. The Labute approximate surface area is 101 Å². The lowest BCUT2D eigenvalue weighted by molar-refractivity contribution is 0.581. The standard InChI is InChI=1S/C11H14ClNO2S/c12-8-7-9-1-5-11(6-2-9)16(14,15)13-10-3-4-10/h1-2,5-6,10,13H,3-4,7-8H2. The molecule has 16 heavy (non-hydrogen) atoms. The zero-order valence-corrected chi connectivity index (χ0v) is 10.4. The third-order valence-electron chi connectivity index (χ3n) is 2.52. The summed E-state index contributed by atoms with van der Waals surface area (Å²) in [6, 6.07) is 7.03. The van der Waals surface area contributed by atoms with E-state index in [1.165, 1.54) is 0 Å². The summed E-state index contributed by atoms with van der Waals surface area (Å²) in [5, 5.41) is 0. The van der Waals surface area contributed by atoms with Crippen molar-refractivity contribution in [1.82, 2.24) is 4.72 Å². The Morgan fingerprint density at radius 2 is 1.88 bits per heavy atom. The molecule has 1 aliphatic carbocycles. The van der Waals surface area contributed by atoms with E-state index in [1.807, 2.05) is 12.1 Å². The van der Waals surface area contributed by atoms with Crippen LogP contribution in [0.2, 0.25) is 0 Å². The second kappa shape index (κ2) is 4.73. The minimum atomic E-state index is -3.31. The zero-order valence-electron chi connectivity index (χ0n) is 8.82. The van der Waals surface area contributed by atoms with Crippen LogP contribution < -0.4 is 4.72 Å². The molecule has 1 aromatic carbocycles. The lowest BCUT2D eigenvalue weighted by atomic mass is 10.2. The van der Waals surface area contributed by atoms with E-state index in [2.05, 4.69) is 4.72 Å². The Morgan fingerprint density at radius 1 is 1.25 bits per heavy atom. The summed E-state index contributed by atoms with van der Waals surface area (Å²) in [5.74, 6) is 0.548. The average Bonchev–Trinajstić information content (AvgIpc) is 3.02. The van der Waals surface area contributed by atoms with Crippen molar-refractivity contribution in [3.63, 3.8) is 0 Å². The monoisotopic (exact) mass is 259 g/mol. The molecular weight excluding hydrogens is 246 g/mol. The number of nitrogens with one attached hydrogen (secondary N) is 1. The van der Waals surface area contributed by atoms with Crippen LogP contribution in [0.4, 0.5) is 0 Å². The fourth-order valence-corrected chi connectivity index (χ4v) is 2.96. The summed E-state index contributed by atoms with van der Waals surface area (Å²) in [6.45, 7) is 0. The molecule has 2 rings (SSSR count). The zero-order chi connectivity index (χ0) is 11.6. The van der Waals surface area contributed by atoms with E-state index in [-0.39, 0.29) is 6.04 Å². The molecule has 0 heterocycles. The Kier molecular flexibility index (Phi) is 3.52. The van der Waals surface area contributed by atoms with Crippen LogP contribution in [0.5, 0.6) is 0 Å². The van der Waals surface area contributed by atoms with Crippen LogP contribution in [-0.4, -0.2) is 20.3 Å². The van der Waals surface area contributed by atoms with Gasteiger partial charge in [-0.05, 0) is 37.0 Å². The maximum atomic E-state index is 11.8. The molecule has 1 fully saturated rings. The van der Waals surface area contributed by atoms with Gasteiger partial charge in [-0.25, -0.2) is 13.1 Å². The molecule has 0 aliphatic heterocycles. The van der Waals surface area contributed by atoms with Crippen molar-refractivity contribution >= 4 is 21.6 Å². The predicted octanol–water partition coefficient (Wildman–Crippen LogP) is 1.91. The van der Waals surface area contributed by atoms with E-state index < -0.39 is 10.0 Å². The molecule has 0 amide bonds. The summed E-state index contributed by atoms with van der Waals surface area (Å²) in [6.07, 6.45) is 2.66. The van der Waals surface area contributed by atoms with Crippen LogP contribution in [0.25, 0.3) is 0 Å². The first kappa shape index (κ1) is 11.9. The Morgan fingerprint density at radius 3 is 2.38 bits per heavy atom. The minimum Gasteiger partial charge on any atom is -0.208 e. The lowest BCUT2D eigenvalue weighted by Crippen LogP contribution is -2.25. The average molecular weight is 260 g/mol. The number of rotatable bonds is 5. The van der Waals surface area contributed by atoms with Gasteiger partial charge < -0.3 is 0 Å². The lowest BCUT2D eigenvalue weighted by Gasteiger charge is -2.06. The molecule has 0 unspecified atom stereocenters. The maximum absolute atomic E-state index is 11.8. The van der Waals surface area contributed by atoms with Crippen LogP contribution in [0.3, 0.4) is 0 Å². The van der Waals surface area contributed by atoms with Gasteiger partial charge in [-0.1, -0.05) is 12.1 Å². The summed E-state index contributed by atoms with van der Waals surface area (Å²) in [7, 11) is -3.31. The van der Waals surface area contributed by atoms with E-state index >= 15 is 0 Å². The first-order valence-electron chi connectivity index (χ1n) is 5.29. The fraction of sp³-hybridized carbons (Fsp3) is 0.455. The van der Waals surface area contributed by atoms with Crippen LogP contribution in [0.15, 0.2) is 29.2 Å². The molecule has 1 aromatic rings. The third-order valence-corrected chi connectivity index (χ3v) is 4.24. The molecule has 0 radical (unpaired) electrons. The van der Waals surface area contributed by atoms with E-state index in [4.69, 9.17) is 11.6 Å². The number of alkyl halides is 1. The SMILES string of the molecule is O=S(=O)(NC1CC1)c1ccc(CCCl)cc1. The normalized spacial score (nSPS) is 16.3. The predicted molar refractivity (Wildman–Crippen MR) is 64.2 cm³/mol. The number of hydrogen-bond acceptors (Lipinski definition) is 2. The molecule has 0 aromatic heterocycles. The molecular formula is C11H14ClNO2S. The Balaban J connectivity index is 2.13. The van der Waals surface area contributed by atoms with E-state index in [0.29, 0.717) is 10.8 Å². The summed E-state index contributed by atoms with van der Waals surface area (Å²) in [5.41, 5.74) is 1.06. The van der Waals surface area contributed by atoms with Gasteiger partial charge in [0.25, 0.3) is 0 Å². The highest BCUT2D eigenvalue weighted by Crippen LogP contribution is 2.22. The van der Waals surface area contributed by atoms with Crippen LogP contribution in [-0.2, 0) is 16.4 Å². The number of aryl methyl sites for hydroxylation is 1. The van der Waals surface area contributed by atoms with Crippen molar-refractivity contribution in [2.75, 3.05) is 5.88 Å². The van der Waals surface area contributed by atoms with Crippen molar-refractivity contribution in [2.24, 2.45) is 0 Å². The summed E-state index contributed by atoms with van der Waals surface area (Å²) < 4.78 is 26.3. The second-order valence-corrected chi connectivity index (χ2v) is 6.07. The van der Waals surface area contributed by atoms with Gasteiger partial charge in [0.1, 0.15) is 0 Å². The molecule has 0 saturated heterocycles. The van der Waals surface area contributed by atoms with Crippen molar-refractivity contribution in [1.29, 1.82) is 0 Å². The quantitative estimate of drug-likeness (QED) is 0.821. The van der Waals surface area contributed by atoms with Crippen LogP contribution in [0, 0.1) is 0 Å². The molecule has 1 N–H and O–H groups in total.